The summed E-state index contributed by atoms with van der Waals surface area (Å²) in [6, 6.07) is 0. The van der Waals surface area contributed by atoms with Crippen LogP contribution in [0, 0.1) is 6.92 Å². The summed E-state index contributed by atoms with van der Waals surface area (Å²) in [5.74, 6) is 0. The van der Waals surface area contributed by atoms with Gasteiger partial charge < -0.3 is 0 Å². The number of halogens is 1. The van der Waals surface area contributed by atoms with Crippen LogP contribution in [0.25, 0.3) is 9.78 Å². The van der Waals surface area contributed by atoms with E-state index in [0.29, 0.717) is 19.7 Å². The van der Waals surface area contributed by atoms with Gasteiger partial charge >= 0.3 is 87.6 Å². The van der Waals surface area contributed by atoms with Gasteiger partial charge in [-0.05, 0) is 0 Å². The van der Waals surface area contributed by atoms with Crippen LogP contribution in [-0.4, -0.2) is 24.5 Å². The summed E-state index contributed by atoms with van der Waals surface area (Å²) in [4.78, 5) is 8.27. The molecule has 0 bridgehead atoms. The third-order valence-electron chi connectivity index (χ3n) is 2.10. The van der Waals surface area contributed by atoms with E-state index in [1.165, 1.54) is 10.0 Å². The molecular formula is C9H9ClN2Se. The van der Waals surface area contributed by atoms with Crippen molar-refractivity contribution in [3.8, 4) is 0 Å². The third kappa shape index (κ3) is 1.41. The van der Waals surface area contributed by atoms with Gasteiger partial charge in [-0.15, -0.1) is 0 Å². The molecule has 2 aromatic rings. The first kappa shape index (κ1) is 9.19. The van der Waals surface area contributed by atoms with Crippen molar-refractivity contribution in [2.45, 2.75) is 20.3 Å². The molecule has 2 aromatic heterocycles. The molecule has 0 aliphatic heterocycles. The van der Waals surface area contributed by atoms with Crippen LogP contribution in [0.15, 0.2) is 6.33 Å². The molecule has 0 aromatic carbocycles. The van der Waals surface area contributed by atoms with Crippen LogP contribution in [-0.2, 0) is 6.42 Å². The molecule has 2 rings (SSSR count). The fourth-order valence-corrected chi connectivity index (χ4v) is 4.13. The van der Waals surface area contributed by atoms with Gasteiger partial charge in [0.15, 0.2) is 0 Å². The molecule has 0 aliphatic carbocycles. The number of nitrogens with zero attached hydrogens (tertiary/aromatic N) is 2. The molecule has 0 N–H and O–H groups in total. The zero-order valence-electron chi connectivity index (χ0n) is 7.47. The third-order valence-corrected chi connectivity index (χ3v) is 4.60. The number of rotatable bonds is 1. The van der Waals surface area contributed by atoms with Crippen molar-refractivity contribution in [3.63, 3.8) is 0 Å². The first-order valence-electron chi connectivity index (χ1n) is 4.12. The van der Waals surface area contributed by atoms with E-state index < -0.39 is 0 Å². The Hall–Kier alpha value is -0.371. The maximum atomic E-state index is 6.03. The average Bonchev–Trinajstić information content (AvgIpc) is 2.42. The summed E-state index contributed by atoms with van der Waals surface area (Å²) >= 11 is 6.40. The fourth-order valence-electron chi connectivity index (χ4n) is 1.49. The number of fused-ring (bicyclic) bond motifs is 1. The van der Waals surface area contributed by atoms with E-state index >= 15 is 0 Å². The van der Waals surface area contributed by atoms with Gasteiger partial charge in [0.2, 0.25) is 0 Å². The van der Waals surface area contributed by atoms with Crippen LogP contribution in [0.4, 0.5) is 0 Å². The number of aryl methyl sites for hydroxylation is 2. The summed E-state index contributed by atoms with van der Waals surface area (Å²) < 4.78 is 2.58. The van der Waals surface area contributed by atoms with Gasteiger partial charge in [-0.1, -0.05) is 0 Å². The summed E-state index contributed by atoms with van der Waals surface area (Å²) in [6.07, 6.45) is 2.57. The molecule has 13 heavy (non-hydrogen) atoms. The minimum atomic E-state index is 0.368. The van der Waals surface area contributed by atoms with Crippen molar-refractivity contribution >= 4 is 35.9 Å². The Morgan fingerprint density at radius 3 is 2.92 bits per heavy atom. The molecule has 0 aliphatic rings. The molecule has 0 radical (unpaired) electrons. The van der Waals surface area contributed by atoms with Crippen molar-refractivity contribution < 1.29 is 0 Å². The molecule has 0 amide bonds. The molecule has 2 nitrogen and oxygen atoms in total. The van der Waals surface area contributed by atoms with E-state index in [1.807, 2.05) is 0 Å². The Labute approximate surface area is 87.7 Å². The van der Waals surface area contributed by atoms with Crippen LogP contribution in [0.1, 0.15) is 16.9 Å². The topological polar surface area (TPSA) is 25.8 Å². The predicted octanol–water partition coefficient (Wildman–Crippen LogP) is 2.21. The van der Waals surface area contributed by atoms with Crippen LogP contribution in [0.3, 0.4) is 0 Å². The van der Waals surface area contributed by atoms with Crippen molar-refractivity contribution in [2.75, 3.05) is 0 Å². The Morgan fingerprint density at radius 2 is 2.23 bits per heavy atom. The van der Waals surface area contributed by atoms with Gasteiger partial charge in [-0.3, -0.25) is 0 Å². The molecule has 4 heteroatoms. The van der Waals surface area contributed by atoms with Gasteiger partial charge in [0.05, 0.1) is 0 Å². The summed E-state index contributed by atoms with van der Waals surface area (Å²) in [5, 5.41) is 1.71. The standard InChI is InChI=1S/C9H9ClN2Se/c1-3-6-5(2)13-9-7(6)8(10)11-4-12-9/h4H,3H2,1-2H3. The van der Waals surface area contributed by atoms with Crippen LogP contribution < -0.4 is 0 Å². The minimum absolute atomic E-state index is 0.368. The van der Waals surface area contributed by atoms with Crippen LogP contribution >= 0.6 is 11.6 Å². The Kier molecular flexibility index (Phi) is 2.41. The zero-order valence-corrected chi connectivity index (χ0v) is 9.93. The van der Waals surface area contributed by atoms with Crippen molar-refractivity contribution in [1.82, 2.24) is 9.97 Å². The maximum absolute atomic E-state index is 6.03. The molecule has 0 saturated carbocycles. The van der Waals surface area contributed by atoms with E-state index in [2.05, 4.69) is 23.8 Å². The van der Waals surface area contributed by atoms with Crippen molar-refractivity contribution in [1.29, 1.82) is 0 Å². The normalized spacial score (nSPS) is 11.0. The van der Waals surface area contributed by atoms with E-state index in [4.69, 9.17) is 11.6 Å². The van der Waals surface area contributed by atoms with Crippen LogP contribution in [0.2, 0.25) is 5.15 Å². The molecule has 0 unspecified atom stereocenters. The monoisotopic (exact) mass is 260 g/mol. The van der Waals surface area contributed by atoms with Gasteiger partial charge in [0, 0.05) is 0 Å². The van der Waals surface area contributed by atoms with Gasteiger partial charge in [-0.25, -0.2) is 0 Å². The van der Waals surface area contributed by atoms with Crippen LogP contribution in [0.5, 0.6) is 0 Å². The van der Waals surface area contributed by atoms with Gasteiger partial charge in [0.25, 0.3) is 0 Å². The predicted molar refractivity (Wildman–Crippen MR) is 55.6 cm³/mol. The SMILES string of the molecule is CCc1c(C)[se]c2ncnc(Cl)c12. The average molecular weight is 260 g/mol. The first-order valence-corrected chi connectivity index (χ1v) is 6.21. The second-order valence-electron chi connectivity index (χ2n) is 2.83. The number of aromatic nitrogens is 2. The summed E-state index contributed by atoms with van der Waals surface area (Å²) in [7, 11) is 0. The molecule has 0 saturated heterocycles. The van der Waals surface area contributed by atoms with Gasteiger partial charge in [-0.2, -0.15) is 0 Å². The van der Waals surface area contributed by atoms with E-state index in [9.17, 15) is 0 Å². The summed E-state index contributed by atoms with van der Waals surface area (Å²) in [6.45, 7) is 4.31. The molecule has 0 spiro atoms. The quantitative estimate of drug-likeness (QED) is 0.580. The van der Waals surface area contributed by atoms with E-state index in [1.54, 1.807) is 6.33 Å². The Bertz CT molecular complexity index is 450. The second-order valence-corrected chi connectivity index (χ2v) is 5.72. The van der Waals surface area contributed by atoms with Crippen molar-refractivity contribution in [3.05, 3.63) is 21.5 Å². The second kappa shape index (κ2) is 3.41. The number of hydrogen-bond donors (Lipinski definition) is 0. The van der Waals surface area contributed by atoms with E-state index in [0.717, 1.165) is 16.2 Å². The van der Waals surface area contributed by atoms with Gasteiger partial charge in [0.1, 0.15) is 0 Å². The Morgan fingerprint density at radius 1 is 1.46 bits per heavy atom. The number of hydrogen-bond acceptors (Lipinski definition) is 2. The van der Waals surface area contributed by atoms with Crippen molar-refractivity contribution in [2.24, 2.45) is 0 Å². The molecular weight excluding hydrogens is 251 g/mol. The zero-order chi connectivity index (χ0) is 9.42. The molecule has 0 atom stereocenters. The summed E-state index contributed by atoms with van der Waals surface area (Å²) in [5.41, 5.74) is 1.35. The Balaban J connectivity index is 2.88. The molecule has 2 heterocycles. The molecule has 68 valence electrons. The molecule has 0 fully saturated rings. The first-order chi connectivity index (χ1) is 6.24. The van der Waals surface area contributed by atoms with E-state index in [-0.39, 0.29) is 0 Å². The fraction of sp³-hybridized carbons (Fsp3) is 0.333.